The van der Waals surface area contributed by atoms with E-state index in [1.165, 1.54) is 6.33 Å². The van der Waals surface area contributed by atoms with Crippen molar-refractivity contribution in [3.63, 3.8) is 0 Å². The zero-order valence-corrected chi connectivity index (χ0v) is 12.8. The van der Waals surface area contributed by atoms with Gasteiger partial charge in [-0.15, -0.1) is 0 Å². The Bertz CT molecular complexity index is 494. The van der Waals surface area contributed by atoms with Gasteiger partial charge in [-0.1, -0.05) is 13.8 Å². The average molecular weight is 293 g/mol. The van der Waals surface area contributed by atoms with E-state index in [9.17, 15) is 4.79 Å². The van der Waals surface area contributed by atoms with Gasteiger partial charge in [0.1, 0.15) is 12.4 Å². The number of ether oxygens (including phenoxy) is 1. The van der Waals surface area contributed by atoms with Crippen LogP contribution >= 0.6 is 0 Å². The number of amides is 1. The average Bonchev–Trinajstić information content (AvgIpc) is 2.52. The Kier molecular flexibility index (Phi) is 5.19. The minimum Gasteiger partial charge on any atom is -0.490 e. The lowest BCUT2D eigenvalue weighted by Crippen LogP contribution is -2.55. The maximum absolute atomic E-state index is 12.0. The highest BCUT2D eigenvalue weighted by atomic mass is 16.5. The van der Waals surface area contributed by atoms with E-state index in [0.29, 0.717) is 30.5 Å². The van der Waals surface area contributed by atoms with Crippen LogP contribution in [-0.4, -0.2) is 48.7 Å². The van der Waals surface area contributed by atoms with Crippen LogP contribution in [0.25, 0.3) is 0 Å². The van der Waals surface area contributed by atoms with Crippen LogP contribution in [0.2, 0.25) is 0 Å². The zero-order chi connectivity index (χ0) is 15.2. The Morgan fingerprint density at radius 3 is 2.95 bits per heavy atom. The van der Waals surface area contributed by atoms with Crippen molar-refractivity contribution in [3.05, 3.63) is 6.33 Å². The van der Waals surface area contributed by atoms with E-state index in [4.69, 9.17) is 4.74 Å². The van der Waals surface area contributed by atoms with Crippen molar-refractivity contribution >= 4 is 17.5 Å². The third kappa shape index (κ3) is 3.17. The molecule has 2 heterocycles. The maximum Gasteiger partial charge on any atom is 0.242 e. The summed E-state index contributed by atoms with van der Waals surface area (Å²) in [5.41, 5.74) is 0. The molecule has 7 heteroatoms. The van der Waals surface area contributed by atoms with Crippen LogP contribution in [0.5, 0.6) is 5.75 Å². The van der Waals surface area contributed by atoms with Gasteiger partial charge in [0.2, 0.25) is 11.7 Å². The Hall–Kier alpha value is -2.05. The molecule has 1 amide bonds. The second kappa shape index (κ2) is 7.10. The number of aromatic nitrogens is 2. The number of piperazine rings is 1. The summed E-state index contributed by atoms with van der Waals surface area (Å²) in [6, 6.07) is -0.221. The van der Waals surface area contributed by atoms with Gasteiger partial charge >= 0.3 is 0 Å². The van der Waals surface area contributed by atoms with Crippen molar-refractivity contribution in [2.24, 2.45) is 0 Å². The molecule has 1 atom stereocenters. The van der Waals surface area contributed by atoms with E-state index in [0.717, 1.165) is 19.4 Å². The molecule has 0 saturated carbocycles. The van der Waals surface area contributed by atoms with Gasteiger partial charge in [0, 0.05) is 19.6 Å². The van der Waals surface area contributed by atoms with Gasteiger partial charge in [0.15, 0.2) is 11.6 Å². The van der Waals surface area contributed by atoms with E-state index < -0.39 is 0 Å². The first-order chi connectivity index (χ1) is 10.2. The van der Waals surface area contributed by atoms with Gasteiger partial charge in [0.05, 0.1) is 7.11 Å². The summed E-state index contributed by atoms with van der Waals surface area (Å²) in [6.45, 7) is 6.21. The fraction of sp³-hybridized carbons (Fsp3) is 0.643. The summed E-state index contributed by atoms with van der Waals surface area (Å²) < 4.78 is 5.49. The molecular formula is C14H23N5O2. The number of anilines is 2. The van der Waals surface area contributed by atoms with Gasteiger partial charge < -0.3 is 20.3 Å². The number of carbonyl (C=O) groups is 1. The van der Waals surface area contributed by atoms with Gasteiger partial charge in [0.25, 0.3) is 0 Å². The molecular weight excluding hydrogens is 270 g/mol. The highest BCUT2D eigenvalue weighted by Crippen LogP contribution is 2.33. The number of nitrogens with zero attached hydrogens (tertiary/aromatic N) is 3. The highest BCUT2D eigenvalue weighted by Gasteiger charge is 2.31. The molecule has 21 heavy (non-hydrogen) atoms. The monoisotopic (exact) mass is 293 g/mol. The summed E-state index contributed by atoms with van der Waals surface area (Å²) in [5.74, 6) is 1.98. The van der Waals surface area contributed by atoms with Crippen molar-refractivity contribution in [1.29, 1.82) is 0 Å². The number of hydrogen-bond acceptors (Lipinski definition) is 6. The SMILES string of the molecule is CCCNc1ncnc(N2CCNC(=O)C2CC)c1OC. The minimum absolute atomic E-state index is 0.0347. The molecule has 0 spiro atoms. The van der Waals surface area contributed by atoms with Crippen LogP contribution in [0.3, 0.4) is 0 Å². The van der Waals surface area contributed by atoms with Crippen LogP contribution in [0, 0.1) is 0 Å². The van der Waals surface area contributed by atoms with E-state index >= 15 is 0 Å². The first-order valence-electron chi connectivity index (χ1n) is 7.40. The first-order valence-corrected chi connectivity index (χ1v) is 7.40. The first kappa shape index (κ1) is 15.3. The minimum atomic E-state index is -0.221. The lowest BCUT2D eigenvalue weighted by atomic mass is 10.1. The fourth-order valence-electron chi connectivity index (χ4n) is 2.50. The van der Waals surface area contributed by atoms with Crippen LogP contribution in [0.4, 0.5) is 11.6 Å². The van der Waals surface area contributed by atoms with Gasteiger partial charge in [-0.2, -0.15) is 0 Å². The predicted molar refractivity (Wildman–Crippen MR) is 81.8 cm³/mol. The number of hydrogen-bond donors (Lipinski definition) is 2. The largest absolute Gasteiger partial charge is 0.490 e. The predicted octanol–water partition coefficient (Wildman–Crippen LogP) is 1.02. The Morgan fingerprint density at radius 2 is 2.29 bits per heavy atom. The molecule has 1 fully saturated rings. The lowest BCUT2D eigenvalue weighted by Gasteiger charge is -2.36. The molecule has 0 bridgehead atoms. The molecule has 1 aromatic heterocycles. The molecule has 2 rings (SSSR count). The molecule has 116 valence electrons. The fourth-order valence-corrected chi connectivity index (χ4v) is 2.50. The molecule has 2 N–H and O–H groups in total. The molecule has 0 aliphatic carbocycles. The summed E-state index contributed by atoms with van der Waals surface area (Å²) in [6.07, 6.45) is 3.22. The highest BCUT2D eigenvalue weighted by molar-refractivity contribution is 5.87. The summed E-state index contributed by atoms with van der Waals surface area (Å²) in [4.78, 5) is 22.6. The molecule has 1 unspecified atom stereocenters. The zero-order valence-electron chi connectivity index (χ0n) is 12.8. The second-order valence-corrected chi connectivity index (χ2v) is 4.91. The Morgan fingerprint density at radius 1 is 1.48 bits per heavy atom. The van der Waals surface area contributed by atoms with Crippen molar-refractivity contribution in [1.82, 2.24) is 15.3 Å². The van der Waals surface area contributed by atoms with Crippen LogP contribution < -0.4 is 20.3 Å². The molecule has 7 nitrogen and oxygen atoms in total. The van der Waals surface area contributed by atoms with E-state index in [-0.39, 0.29) is 11.9 Å². The third-order valence-corrected chi connectivity index (χ3v) is 3.52. The quantitative estimate of drug-likeness (QED) is 0.815. The summed E-state index contributed by atoms with van der Waals surface area (Å²) >= 11 is 0. The van der Waals surface area contributed by atoms with Gasteiger partial charge in [-0.25, -0.2) is 9.97 Å². The smallest absolute Gasteiger partial charge is 0.242 e. The van der Waals surface area contributed by atoms with E-state index in [1.807, 2.05) is 11.8 Å². The van der Waals surface area contributed by atoms with Crippen molar-refractivity contribution in [2.75, 3.05) is 37.0 Å². The summed E-state index contributed by atoms with van der Waals surface area (Å²) in [7, 11) is 1.60. The van der Waals surface area contributed by atoms with Crippen LogP contribution in [0.1, 0.15) is 26.7 Å². The van der Waals surface area contributed by atoms with Gasteiger partial charge in [-0.3, -0.25) is 4.79 Å². The number of rotatable bonds is 6. The van der Waals surface area contributed by atoms with E-state index in [2.05, 4.69) is 27.5 Å². The van der Waals surface area contributed by atoms with Crippen molar-refractivity contribution in [2.45, 2.75) is 32.7 Å². The number of methoxy groups -OCH3 is 1. The molecule has 0 radical (unpaired) electrons. The standard InChI is InChI=1S/C14H23N5O2/c1-4-6-15-12-11(21-3)13(18-9-17-12)19-8-7-16-14(20)10(19)5-2/h9-10H,4-8H2,1-3H3,(H,16,20)(H,15,17,18). The molecule has 0 aromatic carbocycles. The lowest BCUT2D eigenvalue weighted by molar-refractivity contribution is -0.123. The Labute approximate surface area is 125 Å². The number of nitrogens with one attached hydrogen (secondary N) is 2. The van der Waals surface area contributed by atoms with Crippen LogP contribution in [-0.2, 0) is 4.79 Å². The second-order valence-electron chi connectivity index (χ2n) is 4.91. The van der Waals surface area contributed by atoms with Crippen LogP contribution in [0.15, 0.2) is 6.33 Å². The maximum atomic E-state index is 12.0. The van der Waals surface area contributed by atoms with Crippen molar-refractivity contribution < 1.29 is 9.53 Å². The topological polar surface area (TPSA) is 79.4 Å². The normalized spacial score (nSPS) is 18.3. The van der Waals surface area contributed by atoms with E-state index in [1.54, 1.807) is 7.11 Å². The van der Waals surface area contributed by atoms with Gasteiger partial charge in [-0.05, 0) is 12.8 Å². The molecule has 1 aliphatic rings. The molecule has 1 saturated heterocycles. The third-order valence-electron chi connectivity index (χ3n) is 3.52. The summed E-state index contributed by atoms with van der Waals surface area (Å²) in [5, 5.41) is 6.12. The molecule has 1 aromatic rings. The Balaban J connectivity index is 2.35. The van der Waals surface area contributed by atoms with Crippen molar-refractivity contribution in [3.8, 4) is 5.75 Å². The molecule has 1 aliphatic heterocycles. The number of carbonyl (C=O) groups excluding carboxylic acids is 1.